The van der Waals surface area contributed by atoms with Crippen LogP contribution in [0.4, 0.5) is 0 Å². The summed E-state index contributed by atoms with van der Waals surface area (Å²) in [5.41, 5.74) is 0.740. The summed E-state index contributed by atoms with van der Waals surface area (Å²) in [6.45, 7) is 0.330. The number of carbonyl (C=O) groups excluding carboxylic acids is 1. The van der Waals surface area contributed by atoms with Crippen LogP contribution in [-0.2, 0) is 0 Å². The number of benzene rings is 1. The molecule has 0 unspecified atom stereocenters. The van der Waals surface area contributed by atoms with Crippen LogP contribution in [0.25, 0.3) is 10.9 Å². The third kappa shape index (κ3) is 3.45. The Morgan fingerprint density at radius 1 is 1.18 bits per heavy atom. The lowest BCUT2D eigenvalue weighted by molar-refractivity contribution is 0.0246. The Hall–Kier alpha value is -1.94. The number of aliphatic hydroxyl groups is 1. The summed E-state index contributed by atoms with van der Waals surface area (Å²) in [5, 5.41) is 14.4. The van der Waals surface area contributed by atoms with E-state index in [1.54, 1.807) is 12.3 Å². The van der Waals surface area contributed by atoms with Crippen LogP contribution in [0, 0.1) is 0 Å². The van der Waals surface area contributed by atoms with Gasteiger partial charge in [-0.05, 0) is 37.1 Å². The van der Waals surface area contributed by atoms with Gasteiger partial charge in [-0.2, -0.15) is 0 Å². The summed E-state index contributed by atoms with van der Waals surface area (Å²) in [4.78, 5) is 16.6. The lowest BCUT2D eigenvalue weighted by Crippen LogP contribution is -2.42. The van der Waals surface area contributed by atoms with Gasteiger partial charge in [-0.15, -0.1) is 0 Å². The molecule has 1 fully saturated rings. The van der Waals surface area contributed by atoms with Gasteiger partial charge in [0.25, 0.3) is 5.91 Å². The van der Waals surface area contributed by atoms with Crippen molar-refractivity contribution in [1.82, 2.24) is 10.3 Å². The summed E-state index contributed by atoms with van der Waals surface area (Å²) in [7, 11) is 0. The number of amides is 1. The first-order chi connectivity index (χ1) is 10.7. The maximum atomic E-state index is 12.3. The van der Waals surface area contributed by atoms with Crippen LogP contribution in [-0.4, -0.2) is 28.1 Å². The average Bonchev–Trinajstić information content (AvgIpc) is 2.77. The molecule has 3 rings (SSSR count). The van der Waals surface area contributed by atoms with Gasteiger partial charge in [0, 0.05) is 23.7 Å². The second kappa shape index (κ2) is 6.44. The van der Waals surface area contributed by atoms with Crippen molar-refractivity contribution in [2.24, 2.45) is 0 Å². The van der Waals surface area contributed by atoms with Crippen molar-refractivity contribution >= 4 is 16.8 Å². The summed E-state index contributed by atoms with van der Waals surface area (Å²) >= 11 is 0. The highest BCUT2D eigenvalue weighted by Crippen LogP contribution is 2.26. The number of fused-ring (bicyclic) bond motifs is 1. The first kappa shape index (κ1) is 15.0. The molecule has 0 atom stereocenters. The second-order valence-corrected chi connectivity index (χ2v) is 6.23. The van der Waals surface area contributed by atoms with Crippen LogP contribution < -0.4 is 5.32 Å². The SMILES string of the molecule is O=C(NCC1(O)CCCCCC1)c1ccc2ncccc2c1. The van der Waals surface area contributed by atoms with Gasteiger partial charge < -0.3 is 10.4 Å². The number of aromatic nitrogens is 1. The maximum absolute atomic E-state index is 12.3. The summed E-state index contributed by atoms with van der Waals surface area (Å²) in [6.07, 6.45) is 7.71. The molecule has 1 aromatic carbocycles. The number of pyridine rings is 1. The Balaban J connectivity index is 1.67. The molecule has 0 radical (unpaired) electrons. The van der Waals surface area contributed by atoms with E-state index in [0.717, 1.165) is 36.6 Å². The van der Waals surface area contributed by atoms with Gasteiger partial charge in [0.15, 0.2) is 0 Å². The monoisotopic (exact) mass is 298 g/mol. The Morgan fingerprint density at radius 3 is 2.73 bits per heavy atom. The Morgan fingerprint density at radius 2 is 1.95 bits per heavy atom. The van der Waals surface area contributed by atoms with Crippen molar-refractivity contribution in [3.63, 3.8) is 0 Å². The molecule has 2 N–H and O–H groups in total. The Labute approximate surface area is 130 Å². The zero-order valence-electron chi connectivity index (χ0n) is 12.7. The zero-order valence-corrected chi connectivity index (χ0v) is 12.7. The molecule has 2 aromatic rings. The van der Waals surface area contributed by atoms with Crippen LogP contribution in [0.5, 0.6) is 0 Å². The van der Waals surface area contributed by atoms with Crippen LogP contribution in [0.3, 0.4) is 0 Å². The molecule has 1 aromatic heterocycles. The van der Waals surface area contributed by atoms with Crippen molar-refractivity contribution in [3.05, 3.63) is 42.1 Å². The van der Waals surface area contributed by atoms with Crippen LogP contribution in [0.1, 0.15) is 48.9 Å². The van der Waals surface area contributed by atoms with E-state index in [2.05, 4.69) is 10.3 Å². The third-order valence-electron chi connectivity index (χ3n) is 4.48. The third-order valence-corrected chi connectivity index (χ3v) is 4.48. The molecular weight excluding hydrogens is 276 g/mol. The lowest BCUT2D eigenvalue weighted by atomic mass is 9.94. The molecule has 1 saturated carbocycles. The highest BCUT2D eigenvalue weighted by molar-refractivity contribution is 5.97. The second-order valence-electron chi connectivity index (χ2n) is 6.23. The smallest absolute Gasteiger partial charge is 0.251 e. The van der Waals surface area contributed by atoms with Crippen LogP contribution in [0.15, 0.2) is 36.5 Å². The molecule has 22 heavy (non-hydrogen) atoms. The van der Waals surface area contributed by atoms with E-state index in [1.807, 2.05) is 24.3 Å². The van der Waals surface area contributed by atoms with E-state index in [-0.39, 0.29) is 5.91 Å². The Kier molecular flexibility index (Phi) is 4.39. The molecule has 1 aliphatic rings. The van der Waals surface area contributed by atoms with Gasteiger partial charge >= 0.3 is 0 Å². The van der Waals surface area contributed by atoms with E-state index >= 15 is 0 Å². The minimum atomic E-state index is -0.745. The van der Waals surface area contributed by atoms with Gasteiger partial charge in [0.2, 0.25) is 0 Å². The number of nitrogens with one attached hydrogen (secondary N) is 1. The minimum absolute atomic E-state index is 0.136. The number of hydrogen-bond acceptors (Lipinski definition) is 3. The van der Waals surface area contributed by atoms with Crippen molar-refractivity contribution in [3.8, 4) is 0 Å². The van der Waals surface area contributed by atoms with Gasteiger partial charge in [-0.1, -0.05) is 31.7 Å². The highest BCUT2D eigenvalue weighted by Gasteiger charge is 2.28. The molecule has 0 spiro atoms. The minimum Gasteiger partial charge on any atom is -0.388 e. The predicted octanol–water partition coefficient (Wildman–Crippen LogP) is 3.05. The van der Waals surface area contributed by atoms with Gasteiger partial charge in [0.1, 0.15) is 0 Å². The van der Waals surface area contributed by atoms with E-state index in [9.17, 15) is 9.90 Å². The summed E-state index contributed by atoms with van der Waals surface area (Å²) < 4.78 is 0. The van der Waals surface area contributed by atoms with Crippen molar-refractivity contribution in [2.45, 2.75) is 44.1 Å². The molecule has 4 nitrogen and oxygen atoms in total. The summed E-state index contributed by atoms with van der Waals surface area (Å²) in [5.74, 6) is -0.136. The molecular formula is C18H22N2O2. The molecule has 1 amide bonds. The molecule has 4 heteroatoms. The van der Waals surface area contributed by atoms with Crippen molar-refractivity contribution in [1.29, 1.82) is 0 Å². The van der Waals surface area contributed by atoms with E-state index in [0.29, 0.717) is 12.1 Å². The van der Waals surface area contributed by atoms with E-state index < -0.39 is 5.60 Å². The summed E-state index contributed by atoms with van der Waals surface area (Å²) in [6, 6.07) is 9.28. The normalized spacial score (nSPS) is 17.9. The zero-order chi connectivity index (χ0) is 15.4. The van der Waals surface area contributed by atoms with Crippen LogP contribution in [0.2, 0.25) is 0 Å². The topological polar surface area (TPSA) is 62.2 Å². The fourth-order valence-electron chi connectivity index (χ4n) is 3.13. The molecule has 0 saturated heterocycles. The van der Waals surface area contributed by atoms with Crippen LogP contribution >= 0.6 is 0 Å². The fourth-order valence-corrected chi connectivity index (χ4v) is 3.13. The van der Waals surface area contributed by atoms with Gasteiger partial charge in [0.05, 0.1) is 11.1 Å². The first-order valence-corrected chi connectivity index (χ1v) is 8.02. The van der Waals surface area contributed by atoms with Gasteiger partial charge in [-0.25, -0.2) is 0 Å². The largest absolute Gasteiger partial charge is 0.388 e. The predicted molar refractivity (Wildman–Crippen MR) is 86.7 cm³/mol. The number of nitrogens with zero attached hydrogens (tertiary/aromatic N) is 1. The molecule has 1 heterocycles. The number of rotatable bonds is 3. The molecule has 0 bridgehead atoms. The first-order valence-electron chi connectivity index (χ1n) is 8.02. The number of carbonyl (C=O) groups is 1. The number of hydrogen-bond donors (Lipinski definition) is 2. The fraction of sp³-hybridized carbons (Fsp3) is 0.444. The quantitative estimate of drug-likeness (QED) is 0.856. The Bertz CT molecular complexity index is 661. The molecule has 0 aliphatic heterocycles. The van der Waals surface area contributed by atoms with Gasteiger partial charge in [-0.3, -0.25) is 9.78 Å². The molecule has 116 valence electrons. The standard InChI is InChI=1S/C18H22N2O2/c21-17(20-13-18(22)9-3-1-2-4-10-18)15-7-8-16-14(12-15)6-5-11-19-16/h5-8,11-12,22H,1-4,9-10,13H2,(H,20,21). The van der Waals surface area contributed by atoms with Crippen molar-refractivity contribution in [2.75, 3.05) is 6.54 Å². The molecule has 1 aliphatic carbocycles. The lowest BCUT2D eigenvalue weighted by Gasteiger charge is -2.26. The van der Waals surface area contributed by atoms with E-state index in [4.69, 9.17) is 0 Å². The highest BCUT2D eigenvalue weighted by atomic mass is 16.3. The van der Waals surface area contributed by atoms with E-state index in [1.165, 1.54) is 12.8 Å². The average molecular weight is 298 g/mol. The maximum Gasteiger partial charge on any atom is 0.251 e. The van der Waals surface area contributed by atoms with Crippen molar-refractivity contribution < 1.29 is 9.90 Å².